The molecule has 1 aliphatic heterocycles. The monoisotopic (exact) mass is 299 g/mol. The van der Waals surface area contributed by atoms with Crippen LogP contribution in [-0.2, 0) is 0 Å². The van der Waals surface area contributed by atoms with E-state index in [-0.39, 0.29) is 6.10 Å². The van der Waals surface area contributed by atoms with E-state index < -0.39 is 0 Å². The molecule has 1 saturated heterocycles. The predicted octanol–water partition coefficient (Wildman–Crippen LogP) is 3.98. The number of hydrogen-bond acceptors (Lipinski definition) is 3. The van der Waals surface area contributed by atoms with E-state index in [2.05, 4.69) is 48.2 Å². The molecule has 1 heterocycles. The summed E-state index contributed by atoms with van der Waals surface area (Å²) in [6.07, 6.45) is 3.85. The van der Waals surface area contributed by atoms with Gasteiger partial charge in [-0.05, 0) is 54.3 Å². The molecule has 0 aromatic heterocycles. The number of aliphatic hydroxyl groups is 1. The number of aliphatic hydroxyl groups excluding tert-OH is 1. The Morgan fingerprint density at radius 1 is 1.09 bits per heavy atom. The van der Waals surface area contributed by atoms with Gasteiger partial charge in [-0.1, -0.05) is 25.5 Å². The van der Waals surface area contributed by atoms with Gasteiger partial charge < -0.3 is 14.7 Å². The standard InChI is InChI=1S/C19H25NO2/c1-2-3-12-22-19-7-5-15-13-17(6-4-16(15)14-19)20-10-8-18(21)9-11-20/h4-7,13-14,18,21H,2-3,8-12H2,1H3. The van der Waals surface area contributed by atoms with Crippen molar-refractivity contribution >= 4 is 16.5 Å². The Balaban J connectivity index is 1.74. The van der Waals surface area contributed by atoms with Gasteiger partial charge >= 0.3 is 0 Å². The summed E-state index contributed by atoms with van der Waals surface area (Å²) < 4.78 is 5.77. The van der Waals surface area contributed by atoms with Gasteiger partial charge in [0, 0.05) is 18.8 Å². The Labute approximate surface area is 132 Å². The summed E-state index contributed by atoms with van der Waals surface area (Å²) in [5.41, 5.74) is 1.25. The van der Waals surface area contributed by atoms with E-state index in [0.29, 0.717) is 0 Å². The van der Waals surface area contributed by atoms with Crippen LogP contribution >= 0.6 is 0 Å². The van der Waals surface area contributed by atoms with Crippen LogP contribution in [0.3, 0.4) is 0 Å². The van der Waals surface area contributed by atoms with Crippen molar-refractivity contribution in [3.8, 4) is 5.75 Å². The van der Waals surface area contributed by atoms with Crippen LogP contribution in [0.4, 0.5) is 5.69 Å². The predicted molar refractivity (Wildman–Crippen MR) is 91.8 cm³/mol. The lowest BCUT2D eigenvalue weighted by Crippen LogP contribution is -2.35. The molecule has 1 aliphatic rings. The van der Waals surface area contributed by atoms with E-state index in [0.717, 1.165) is 51.1 Å². The Morgan fingerprint density at radius 2 is 1.82 bits per heavy atom. The van der Waals surface area contributed by atoms with Gasteiger partial charge in [0.15, 0.2) is 0 Å². The average Bonchev–Trinajstić information content (AvgIpc) is 2.55. The van der Waals surface area contributed by atoms with Gasteiger partial charge in [-0.2, -0.15) is 0 Å². The Bertz CT molecular complexity index is 618. The second-order valence-corrected chi connectivity index (χ2v) is 6.11. The number of piperidine rings is 1. The van der Waals surface area contributed by atoms with E-state index in [1.165, 1.54) is 16.5 Å². The average molecular weight is 299 g/mol. The lowest BCUT2D eigenvalue weighted by atomic mass is 10.1. The molecule has 22 heavy (non-hydrogen) atoms. The van der Waals surface area contributed by atoms with Gasteiger partial charge in [-0.15, -0.1) is 0 Å². The van der Waals surface area contributed by atoms with Crippen LogP contribution < -0.4 is 9.64 Å². The molecule has 0 amide bonds. The molecular weight excluding hydrogens is 274 g/mol. The number of ether oxygens (including phenoxy) is 1. The minimum atomic E-state index is -0.125. The molecule has 0 spiro atoms. The maximum atomic E-state index is 9.62. The number of rotatable bonds is 5. The normalized spacial score (nSPS) is 16.2. The maximum Gasteiger partial charge on any atom is 0.119 e. The van der Waals surface area contributed by atoms with Crippen molar-refractivity contribution in [3.05, 3.63) is 36.4 Å². The fraction of sp³-hybridized carbons (Fsp3) is 0.474. The van der Waals surface area contributed by atoms with E-state index in [1.54, 1.807) is 0 Å². The summed E-state index contributed by atoms with van der Waals surface area (Å²) in [5.74, 6) is 0.954. The molecular formula is C19H25NO2. The first-order valence-electron chi connectivity index (χ1n) is 8.36. The van der Waals surface area contributed by atoms with Crippen molar-refractivity contribution in [1.29, 1.82) is 0 Å². The smallest absolute Gasteiger partial charge is 0.119 e. The lowest BCUT2D eigenvalue weighted by molar-refractivity contribution is 0.145. The summed E-state index contributed by atoms with van der Waals surface area (Å²) in [7, 11) is 0. The zero-order valence-electron chi connectivity index (χ0n) is 13.3. The highest BCUT2D eigenvalue weighted by Crippen LogP contribution is 2.27. The quantitative estimate of drug-likeness (QED) is 0.848. The van der Waals surface area contributed by atoms with Gasteiger partial charge in [-0.25, -0.2) is 0 Å². The number of anilines is 1. The molecule has 0 bridgehead atoms. The van der Waals surface area contributed by atoms with Crippen molar-refractivity contribution in [2.45, 2.75) is 38.7 Å². The van der Waals surface area contributed by atoms with Crippen LogP contribution in [0.15, 0.2) is 36.4 Å². The second-order valence-electron chi connectivity index (χ2n) is 6.11. The highest BCUT2D eigenvalue weighted by atomic mass is 16.5. The zero-order chi connectivity index (χ0) is 15.4. The van der Waals surface area contributed by atoms with E-state index in [1.807, 2.05) is 0 Å². The van der Waals surface area contributed by atoms with Crippen molar-refractivity contribution in [2.75, 3.05) is 24.6 Å². The second kappa shape index (κ2) is 7.01. The molecule has 0 atom stereocenters. The van der Waals surface area contributed by atoms with Crippen LogP contribution in [0.1, 0.15) is 32.6 Å². The van der Waals surface area contributed by atoms with Gasteiger partial charge in [-0.3, -0.25) is 0 Å². The Morgan fingerprint density at radius 3 is 2.59 bits per heavy atom. The number of fused-ring (bicyclic) bond motifs is 1. The molecule has 2 aromatic rings. The number of nitrogens with zero attached hydrogens (tertiary/aromatic N) is 1. The van der Waals surface area contributed by atoms with Gasteiger partial charge in [0.2, 0.25) is 0 Å². The highest BCUT2D eigenvalue weighted by molar-refractivity contribution is 5.87. The van der Waals surface area contributed by atoms with Gasteiger partial charge in [0.05, 0.1) is 12.7 Å². The summed E-state index contributed by atoms with van der Waals surface area (Å²) in [6, 6.07) is 12.9. The summed E-state index contributed by atoms with van der Waals surface area (Å²) >= 11 is 0. The van der Waals surface area contributed by atoms with Crippen LogP contribution in [-0.4, -0.2) is 30.9 Å². The Hall–Kier alpha value is -1.74. The van der Waals surface area contributed by atoms with Gasteiger partial charge in [0.25, 0.3) is 0 Å². The number of benzene rings is 2. The largest absolute Gasteiger partial charge is 0.494 e. The first kappa shape index (κ1) is 15.2. The fourth-order valence-electron chi connectivity index (χ4n) is 2.96. The molecule has 3 rings (SSSR count). The maximum absolute atomic E-state index is 9.62. The molecule has 1 N–H and O–H groups in total. The SMILES string of the molecule is CCCCOc1ccc2cc(N3CCC(O)CC3)ccc2c1. The Kier molecular flexibility index (Phi) is 4.84. The van der Waals surface area contributed by atoms with Crippen molar-refractivity contribution in [2.24, 2.45) is 0 Å². The van der Waals surface area contributed by atoms with Crippen molar-refractivity contribution < 1.29 is 9.84 Å². The number of hydrogen-bond donors (Lipinski definition) is 1. The van der Waals surface area contributed by atoms with Crippen LogP contribution in [0.5, 0.6) is 5.75 Å². The molecule has 1 fully saturated rings. The molecule has 2 aromatic carbocycles. The third-order valence-corrected chi connectivity index (χ3v) is 4.39. The van der Waals surface area contributed by atoms with E-state index in [4.69, 9.17) is 4.74 Å². The molecule has 3 heteroatoms. The molecule has 0 unspecified atom stereocenters. The highest BCUT2D eigenvalue weighted by Gasteiger charge is 2.17. The summed E-state index contributed by atoms with van der Waals surface area (Å²) in [6.45, 7) is 4.83. The van der Waals surface area contributed by atoms with Crippen LogP contribution in [0.2, 0.25) is 0 Å². The first-order valence-corrected chi connectivity index (χ1v) is 8.36. The van der Waals surface area contributed by atoms with Crippen molar-refractivity contribution in [1.82, 2.24) is 0 Å². The third-order valence-electron chi connectivity index (χ3n) is 4.39. The van der Waals surface area contributed by atoms with Crippen molar-refractivity contribution in [3.63, 3.8) is 0 Å². The first-order chi connectivity index (χ1) is 10.8. The summed E-state index contributed by atoms with van der Waals surface area (Å²) in [4.78, 5) is 2.36. The van der Waals surface area contributed by atoms with Crippen LogP contribution in [0.25, 0.3) is 10.8 Å². The third kappa shape index (κ3) is 3.53. The van der Waals surface area contributed by atoms with Gasteiger partial charge in [0.1, 0.15) is 5.75 Å². The minimum Gasteiger partial charge on any atom is -0.494 e. The lowest BCUT2D eigenvalue weighted by Gasteiger charge is -2.31. The van der Waals surface area contributed by atoms with E-state index >= 15 is 0 Å². The minimum absolute atomic E-state index is 0.125. The van der Waals surface area contributed by atoms with E-state index in [9.17, 15) is 5.11 Å². The number of unbranched alkanes of at least 4 members (excludes halogenated alkanes) is 1. The molecule has 118 valence electrons. The summed E-state index contributed by atoms with van der Waals surface area (Å²) in [5, 5.41) is 12.1. The molecule has 0 radical (unpaired) electrons. The molecule has 3 nitrogen and oxygen atoms in total. The topological polar surface area (TPSA) is 32.7 Å². The zero-order valence-corrected chi connectivity index (χ0v) is 13.3. The molecule has 0 saturated carbocycles. The fourth-order valence-corrected chi connectivity index (χ4v) is 2.96. The van der Waals surface area contributed by atoms with Crippen LogP contribution in [0, 0.1) is 0 Å². The molecule has 0 aliphatic carbocycles.